The molecule has 1 unspecified atom stereocenters. The van der Waals surface area contributed by atoms with E-state index in [9.17, 15) is 4.39 Å². The van der Waals surface area contributed by atoms with Gasteiger partial charge in [0.15, 0.2) is 0 Å². The number of hydrogen-bond acceptors (Lipinski definition) is 4. The molecule has 114 valence electrons. The summed E-state index contributed by atoms with van der Waals surface area (Å²) in [5.41, 5.74) is 0.574. The fraction of sp³-hybridized carbons (Fsp3) is 0.467. The smallest absolute Gasteiger partial charge is 0.227 e. The topological polar surface area (TPSA) is 51.0 Å². The van der Waals surface area contributed by atoms with E-state index in [-0.39, 0.29) is 10.8 Å². The summed E-state index contributed by atoms with van der Waals surface area (Å²) in [6, 6.07) is 4.52. The molecule has 1 atom stereocenters. The maximum absolute atomic E-state index is 13.0. The Morgan fingerprint density at radius 3 is 2.95 bits per heavy atom. The van der Waals surface area contributed by atoms with E-state index in [2.05, 4.69) is 29.3 Å². The zero-order chi connectivity index (χ0) is 15.2. The molecule has 2 rings (SSSR count). The van der Waals surface area contributed by atoms with Crippen LogP contribution in [0.5, 0.6) is 0 Å². The van der Waals surface area contributed by atoms with Crippen molar-refractivity contribution in [3.8, 4) is 11.4 Å². The number of benzene rings is 1. The van der Waals surface area contributed by atoms with E-state index in [1.165, 1.54) is 12.1 Å². The lowest BCUT2D eigenvalue weighted by Crippen LogP contribution is -2.27. The van der Waals surface area contributed by atoms with E-state index < -0.39 is 0 Å². The van der Waals surface area contributed by atoms with Crippen LogP contribution in [0.3, 0.4) is 0 Å². The molecule has 0 saturated heterocycles. The minimum absolute atomic E-state index is 0.278. The van der Waals surface area contributed by atoms with Gasteiger partial charge in [0, 0.05) is 18.0 Å². The third kappa shape index (κ3) is 4.51. The summed E-state index contributed by atoms with van der Waals surface area (Å²) in [6.45, 7) is 5.27. The highest BCUT2D eigenvalue weighted by molar-refractivity contribution is 6.33. The molecule has 0 saturated carbocycles. The van der Waals surface area contributed by atoms with Gasteiger partial charge in [0.05, 0.1) is 5.02 Å². The number of aryl methyl sites for hydroxylation is 1. The molecule has 21 heavy (non-hydrogen) atoms. The molecular formula is C15H19ClFN3O. The van der Waals surface area contributed by atoms with Gasteiger partial charge in [-0.05, 0) is 44.5 Å². The second-order valence-corrected chi connectivity index (χ2v) is 5.44. The average molecular weight is 312 g/mol. The first-order chi connectivity index (χ1) is 10.1. The van der Waals surface area contributed by atoms with E-state index in [1.54, 1.807) is 6.07 Å². The first-order valence-electron chi connectivity index (χ1n) is 7.11. The molecular weight excluding hydrogens is 293 g/mol. The Kier molecular flexibility index (Phi) is 5.70. The number of halogens is 2. The highest BCUT2D eigenvalue weighted by Crippen LogP contribution is 2.26. The van der Waals surface area contributed by atoms with Crippen molar-refractivity contribution in [2.45, 2.75) is 39.2 Å². The van der Waals surface area contributed by atoms with Crippen molar-refractivity contribution >= 4 is 11.6 Å². The molecule has 1 aromatic heterocycles. The summed E-state index contributed by atoms with van der Waals surface area (Å²) >= 11 is 5.99. The van der Waals surface area contributed by atoms with Crippen LogP contribution >= 0.6 is 11.6 Å². The van der Waals surface area contributed by atoms with Crippen LogP contribution in [-0.4, -0.2) is 22.7 Å². The zero-order valence-electron chi connectivity index (χ0n) is 12.2. The van der Waals surface area contributed by atoms with Gasteiger partial charge in [-0.25, -0.2) is 4.39 Å². The monoisotopic (exact) mass is 311 g/mol. The Balaban J connectivity index is 1.98. The molecule has 0 spiro atoms. The summed E-state index contributed by atoms with van der Waals surface area (Å²) in [5, 5.41) is 7.59. The Hall–Kier alpha value is -1.46. The minimum atomic E-state index is -0.386. The lowest BCUT2D eigenvalue weighted by atomic mass is 10.2. The van der Waals surface area contributed by atoms with Gasteiger partial charge < -0.3 is 9.84 Å². The molecule has 0 bridgehead atoms. The molecule has 4 nitrogen and oxygen atoms in total. The van der Waals surface area contributed by atoms with Crippen molar-refractivity contribution in [3.05, 3.63) is 34.9 Å². The Bertz CT molecular complexity index is 588. The summed E-state index contributed by atoms with van der Waals surface area (Å²) in [4.78, 5) is 4.31. The molecule has 0 aliphatic heterocycles. The zero-order valence-corrected chi connectivity index (χ0v) is 13.0. The lowest BCUT2D eigenvalue weighted by Gasteiger charge is -2.10. The molecule has 1 aromatic carbocycles. The van der Waals surface area contributed by atoms with E-state index in [4.69, 9.17) is 16.1 Å². The predicted octanol–water partition coefficient (Wildman–Crippen LogP) is 3.85. The molecule has 0 amide bonds. The largest absolute Gasteiger partial charge is 0.339 e. The molecule has 1 N–H and O–H groups in total. The Morgan fingerprint density at radius 1 is 1.43 bits per heavy atom. The van der Waals surface area contributed by atoms with Crippen LogP contribution < -0.4 is 5.32 Å². The van der Waals surface area contributed by atoms with Crippen LogP contribution in [0, 0.1) is 5.82 Å². The number of aromatic nitrogens is 2. The summed E-state index contributed by atoms with van der Waals surface area (Å²) in [6.07, 6.45) is 2.72. The van der Waals surface area contributed by atoms with Crippen molar-refractivity contribution in [1.82, 2.24) is 15.5 Å². The lowest BCUT2D eigenvalue weighted by molar-refractivity contribution is 0.367. The Morgan fingerprint density at radius 2 is 2.24 bits per heavy atom. The van der Waals surface area contributed by atoms with Crippen LogP contribution in [0.1, 0.15) is 32.6 Å². The highest BCUT2D eigenvalue weighted by Gasteiger charge is 2.13. The van der Waals surface area contributed by atoms with E-state index in [0.29, 0.717) is 29.7 Å². The molecule has 0 radical (unpaired) electrons. The first-order valence-corrected chi connectivity index (χ1v) is 7.49. The fourth-order valence-electron chi connectivity index (χ4n) is 1.97. The second-order valence-electron chi connectivity index (χ2n) is 5.03. The van der Waals surface area contributed by atoms with Gasteiger partial charge in [-0.2, -0.15) is 4.98 Å². The summed E-state index contributed by atoms with van der Waals surface area (Å²) in [5.74, 6) is 0.572. The van der Waals surface area contributed by atoms with Gasteiger partial charge >= 0.3 is 0 Å². The average Bonchev–Trinajstić information content (AvgIpc) is 2.91. The van der Waals surface area contributed by atoms with Gasteiger partial charge in [-0.1, -0.05) is 23.7 Å². The number of nitrogens with zero attached hydrogens (tertiary/aromatic N) is 2. The van der Waals surface area contributed by atoms with Gasteiger partial charge in [-0.3, -0.25) is 0 Å². The minimum Gasteiger partial charge on any atom is -0.339 e. The van der Waals surface area contributed by atoms with E-state index in [1.807, 2.05) is 0 Å². The van der Waals surface area contributed by atoms with Gasteiger partial charge in [0.2, 0.25) is 11.7 Å². The maximum atomic E-state index is 13.0. The van der Waals surface area contributed by atoms with Gasteiger partial charge in [0.25, 0.3) is 0 Å². The van der Waals surface area contributed by atoms with Crippen molar-refractivity contribution in [2.75, 3.05) is 6.54 Å². The van der Waals surface area contributed by atoms with Gasteiger partial charge in [0.1, 0.15) is 5.82 Å². The van der Waals surface area contributed by atoms with Crippen molar-refractivity contribution in [1.29, 1.82) is 0 Å². The quantitative estimate of drug-likeness (QED) is 0.844. The molecule has 0 fully saturated rings. The van der Waals surface area contributed by atoms with Crippen molar-refractivity contribution in [3.63, 3.8) is 0 Å². The number of nitrogens with one attached hydrogen (secondary N) is 1. The second kappa shape index (κ2) is 7.52. The predicted molar refractivity (Wildman–Crippen MR) is 80.8 cm³/mol. The van der Waals surface area contributed by atoms with Crippen molar-refractivity contribution in [2.24, 2.45) is 0 Å². The third-order valence-corrected chi connectivity index (χ3v) is 3.49. The van der Waals surface area contributed by atoms with Crippen LogP contribution in [-0.2, 0) is 6.42 Å². The number of hydrogen-bond donors (Lipinski definition) is 1. The van der Waals surface area contributed by atoms with Crippen LogP contribution in [0.4, 0.5) is 4.39 Å². The first kappa shape index (κ1) is 15.9. The summed E-state index contributed by atoms with van der Waals surface area (Å²) < 4.78 is 18.2. The van der Waals surface area contributed by atoms with Gasteiger partial charge in [-0.15, -0.1) is 0 Å². The Labute approximate surface area is 128 Å². The highest BCUT2D eigenvalue weighted by atomic mass is 35.5. The van der Waals surface area contributed by atoms with E-state index >= 15 is 0 Å². The fourth-order valence-corrected chi connectivity index (χ4v) is 2.22. The van der Waals surface area contributed by atoms with Crippen LogP contribution in [0.2, 0.25) is 5.02 Å². The molecule has 2 aromatic rings. The molecule has 0 aliphatic carbocycles. The van der Waals surface area contributed by atoms with Crippen LogP contribution in [0.15, 0.2) is 22.7 Å². The van der Waals surface area contributed by atoms with Crippen LogP contribution in [0.25, 0.3) is 11.4 Å². The standard InChI is InChI=1S/C15H19ClFN3O/c1-3-8-18-10(2)4-7-14-19-15(20-21-14)12-6-5-11(17)9-13(12)16/h5-6,9-10,18H,3-4,7-8H2,1-2H3. The molecule has 1 heterocycles. The maximum Gasteiger partial charge on any atom is 0.227 e. The third-order valence-electron chi connectivity index (χ3n) is 3.17. The summed E-state index contributed by atoms with van der Waals surface area (Å²) in [7, 11) is 0. The molecule has 0 aliphatic rings. The molecule has 6 heteroatoms. The van der Waals surface area contributed by atoms with E-state index in [0.717, 1.165) is 19.4 Å². The number of rotatable bonds is 7. The SMILES string of the molecule is CCCNC(C)CCc1nc(-c2ccc(F)cc2Cl)no1. The normalized spacial score (nSPS) is 12.6. The van der Waals surface area contributed by atoms with Crippen molar-refractivity contribution < 1.29 is 8.91 Å².